The molecule has 0 saturated heterocycles. The van der Waals surface area contributed by atoms with Crippen molar-refractivity contribution in [3.05, 3.63) is 53.6 Å². The minimum atomic E-state index is -0.790. The molecule has 0 spiro atoms. The van der Waals surface area contributed by atoms with E-state index in [1.54, 1.807) is 12.1 Å². The van der Waals surface area contributed by atoms with Gasteiger partial charge in [0.05, 0.1) is 0 Å². The fourth-order valence-electron chi connectivity index (χ4n) is 2.77. The Morgan fingerprint density at radius 3 is 2.73 bits per heavy atom. The molecule has 2 heterocycles. The number of para-hydroxylation sites is 2. The fourth-order valence-corrected chi connectivity index (χ4v) is 2.77. The molecule has 0 bridgehead atoms. The van der Waals surface area contributed by atoms with E-state index in [-0.39, 0.29) is 12.6 Å². The maximum atomic E-state index is 12.4. The van der Waals surface area contributed by atoms with E-state index in [1.165, 1.54) is 0 Å². The number of fused-ring (bicyclic) bond motifs is 1. The predicted octanol–water partition coefficient (Wildman–Crippen LogP) is 3.13. The zero-order valence-electron chi connectivity index (χ0n) is 14.4. The fraction of sp³-hybridized carbons (Fsp3) is 0.211. The minimum absolute atomic E-state index is 0.0208. The SMILES string of the molecule is Cc1ccc(-c2nnc(NC(=O)[C@@H]3COc4ccccc4O3)o2)c(C)c1. The second-order valence-corrected chi connectivity index (χ2v) is 6.08. The van der Waals surface area contributed by atoms with Crippen molar-refractivity contribution in [1.82, 2.24) is 10.2 Å². The van der Waals surface area contributed by atoms with Crippen LogP contribution in [-0.2, 0) is 4.79 Å². The Labute approximate surface area is 150 Å². The predicted molar refractivity (Wildman–Crippen MR) is 94.2 cm³/mol. The van der Waals surface area contributed by atoms with Crippen LogP contribution in [0.4, 0.5) is 6.01 Å². The molecule has 0 aliphatic carbocycles. The van der Waals surface area contributed by atoms with E-state index in [9.17, 15) is 4.79 Å². The van der Waals surface area contributed by atoms with Gasteiger partial charge in [-0.05, 0) is 37.6 Å². The second-order valence-electron chi connectivity index (χ2n) is 6.08. The second kappa shape index (κ2) is 6.51. The number of carbonyl (C=O) groups excluding carboxylic acids is 1. The number of nitrogens with zero attached hydrogens (tertiary/aromatic N) is 2. The molecule has 1 amide bonds. The van der Waals surface area contributed by atoms with Gasteiger partial charge in [-0.1, -0.05) is 34.9 Å². The molecule has 1 aliphatic heterocycles. The van der Waals surface area contributed by atoms with Crippen LogP contribution < -0.4 is 14.8 Å². The number of anilines is 1. The van der Waals surface area contributed by atoms with Gasteiger partial charge in [-0.2, -0.15) is 0 Å². The molecule has 4 rings (SSSR count). The molecular formula is C19H17N3O4. The van der Waals surface area contributed by atoms with Crippen molar-refractivity contribution in [2.75, 3.05) is 11.9 Å². The molecule has 2 aromatic carbocycles. The van der Waals surface area contributed by atoms with Crippen molar-refractivity contribution >= 4 is 11.9 Å². The van der Waals surface area contributed by atoms with Crippen LogP contribution in [0, 0.1) is 13.8 Å². The summed E-state index contributed by atoms with van der Waals surface area (Å²) in [6.07, 6.45) is -0.790. The summed E-state index contributed by atoms with van der Waals surface area (Å²) < 4.78 is 16.8. The van der Waals surface area contributed by atoms with E-state index in [1.807, 2.05) is 44.2 Å². The van der Waals surface area contributed by atoms with Crippen molar-refractivity contribution < 1.29 is 18.7 Å². The van der Waals surface area contributed by atoms with E-state index in [2.05, 4.69) is 15.5 Å². The molecule has 1 atom stereocenters. The van der Waals surface area contributed by atoms with Crippen LogP contribution >= 0.6 is 0 Å². The molecule has 0 fully saturated rings. The molecule has 1 aromatic heterocycles. The van der Waals surface area contributed by atoms with Gasteiger partial charge in [-0.15, -0.1) is 5.10 Å². The Kier molecular flexibility index (Phi) is 4.04. The first-order valence-electron chi connectivity index (χ1n) is 8.20. The largest absolute Gasteiger partial charge is 0.485 e. The third kappa shape index (κ3) is 3.11. The summed E-state index contributed by atoms with van der Waals surface area (Å²) in [5.41, 5.74) is 3.00. The highest BCUT2D eigenvalue weighted by Crippen LogP contribution is 2.31. The van der Waals surface area contributed by atoms with Gasteiger partial charge in [0.15, 0.2) is 11.5 Å². The van der Waals surface area contributed by atoms with Gasteiger partial charge in [0.25, 0.3) is 5.91 Å². The van der Waals surface area contributed by atoms with E-state index in [0.717, 1.165) is 16.7 Å². The molecule has 26 heavy (non-hydrogen) atoms. The average Bonchev–Trinajstić information content (AvgIpc) is 3.09. The van der Waals surface area contributed by atoms with Gasteiger partial charge in [0.2, 0.25) is 12.0 Å². The number of rotatable bonds is 3. The molecule has 7 nitrogen and oxygen atoms in total. The first kappa shape index (κ1) is 16.1. The number of aromatic nitrogens is 2. The number of ether oxygens (including phenoxy) is 2. The number of hydrogen-bond acceptors (Lipinski definition) is 6. The topological polar surface area (TPSA) is 86.5 Å². The average molecular weight is 351 g/mol. The van der Waals surface area contributed by atoms with Crippen LogP contribution in [0.2, 0.25) is 0 Å². The monoisotopic (exact) mass is 351 g/mol. The molecular weight excluding hydrogens is 334 g/mol. The molecule has 132 valence electrons. The third-order valence-electron chi connectivity index (χ3n) is 4.07. The van der Waals surface area contributed by atoms with Gasteiger partial charge in [0.1, 0.15) is 6.61 Å². The van der Waals surface area contributed by atoms with Crippen LogP contribution in [0.25, 0.3) is 11.5 Å². The quantitative estimate of drug-likeness (QED) is 0.780. The number of amides is 1. The minimum Gasteiger partial charge on any atom is -0.485 e. The van der Waals surface area contributed by atoms with Gasteiger partial charge in [0, 0.05) is 5.56 Å². The lowest BCUT2D eigenvalue weighted by Gasteiger charge is -2.24. The van der Waals surface area contributed by atoms with Gasteiger partial charge < -0.3 is 13.9 Å². The highest BCUT2D eigenvalue weighted by molar-refractivity contribution is 5.93. The summed E-state index contributed by atoms with van der Waals surface area (Å²) >= 11 is 0. The zero-order chi connectivity index (χ0) is 18.1. The first-order valence-corrected chi connectivity index (χ1v) is 8.20. The zero-order valence-corrected chi connectivity index (χ0v) is 14.4. The molecule has 0 unspecified atom stereocenters. The summed E-state index contributed by atoms with van der Waals surface area (Å²) in [5.74, 6) is 1.09. The van der Waals surface area contributed by atoms with Crippen molar-refractivity contribution in [2.45, 2.75) is 20.0 Å². The molecule has 3 aromatic rings. The highest BCUT2D eigenvalue weighted by Gasteiger charge is 2.28. The molecule has 1 N–H and O–H groups in total. The first-order chi connectivity index (χ1) is 12.6. The van der Waals surface area contributed by atoms with Gasteiger partial charge in [-0.25, -0.2) is 0 Å². The smallest absolute Gasteiger partial charge is 0.322 e. The van der Waals surface area contributed by atoms with Crippen molar-refractivity contribution in [1.29, 1.82) is 0 Å². The summed E-state index contributed by atoms with van der Waals surface area (Å²) in [5, 5.41) is 10.5. The van der Waals surface area contributed by atoms with Crippen LogP contribution in [0.15, 0.2) is 46.9 Å². The normalized spacial score (nSPS) is 15.5. The van der Waals surface area contributed by atoms with E-state index < -0.39 is 12.0 Å². The standard InChI is InChI=1S/C19H17N3O4/c1-11-7-8-13(12(2)9-11)18-21-22-19(26-18)20-17(23)16-10-24-14-5-3-4-6-15(14)25-16/h3-9,16H,10H2,1-2H3,(H,20,22,23)/t16-/m0/s1. The third-order valence-corrected chi connectivity index (χ3v) is 4.07. The lowest BCUT2D eigenvalue weighted by atomic mass is 10.1. The Morgan fingerprint density at radius 2 is 1.92 bits per heavy atom. The maximum Gasteiger partial charge on any atom is 0.322 e. The van der Waals surface area contributed by atoms with E-state index in [0.29, 0.717) is 17.4 Å². The molecule has 0 saturated carbocycles. The van der Waals surface area contributed by atoms with E-state index in [4.69, 9.17) is 13.9 Å². The van der Waals surface area contributed by atoms with Crippen LogP contribution in [-0.4, -0.2) is 28.8 Å². The number of hydrogen-bond donors (Lipinski definition) is 1. The lowest BCUT2D eigenvalue weighted by Crippen LogP contribution is -2.40. The Morgan fingerprint density at radius 1 is 1.12 bits per heavy atom. The Hall–Kier alpha value is -3.35. The van der Waals surface area contributed by atoms with Crippen LogP contribution in [0.1, 0.15) is 11.1 Å². The summed E-state index contributed by atoms with van der Waals surface area (Å²) in [4.78, 5) is 12.4. The van der Waals surface area contributed by atoms with Crippen molar-refractivity contribution in [3.63, 3.8) is 0 Å². The number of carbonyl (C=O) groups is 1. The van der Waals surface area contributed by atoms with E-state index >= 15 is 0 Å². The van der Waals surface area contributed by atoms with Gasteiger partial charge in [-0.3, -0.25) is 10.1 Å². The number of aryl methyl sites for hydroxylation is 2. The summed E-state index contributed by atoms with van der Waals surface area (Å²) in [6, 6.07) is 13.1. The van der Waals surface area contributed by atoms with Crippen molar-refractivity contribution in [3.8, 4) is 23.0 Å². The summed E-state index contributed by atoms with van der Waals surface area (Å²) in [7, 11) is 0. The molecule has 0 radical (unpaired) electrons. The Bertz CT molecular complexity index is 967. The maximum absolute atomic E-state index is 12.4. The lowest BCUT2D eigenvalue weighted by molar-refractivity contribution is -0.125. The number of nitrogens with one attached hydrogen (secondary N) is 1. The van der Waals surface area contributed by atoms with Gasteiger partial charge >= 0.3 is 6.01 Å². The van der Waals surface area contributed by atoms with Crippen LogP contribution in [0.3, 0.4) is 0 Å². The molecule has 1 aliphatic rings. The van der Waals surface area contributed by atoms with Crippen molar-refractivity contribution in [2.24, 2.45) is 0 Å². The number of benzene rings is 2. The summed E-state index contributed by atoms with van der Waals surface area (Å²) in [6.45, 7) is 4.09. The Balaban J connectivity index is 1.47. The molecule has 7 heteroatoms. The highest BCUT2D eigenvalue weighted by atomic mass is 16.6. The van der Waals surface area contributed by atoms with Crippen LogP contribution in [0.5, 0.6) is 11.5 Å².